The van der Waals surface area contributed by atoms with E-state index in [0.29, 0.717) is 86.6 Å². The Balaban J connectivity index is 0.000000186. The Morgan fingerprint density at radius 2 is 0.685 bits per heavy atom. The van der Waals surface area contributed by atoms with E-state index in [9.17, 15) is 19.2 Å². The molecule has 0 spiro atoms. The monoisotopic (exact) mass is 1250 g/mol. The van der Waals surface area contributed by atoms with Crippen LogP contribution in [0.3, 0.4) is 0 Å². The molecule has 4 heterocycles. The molecule has 4 aliphatic rings. The van der Waals surface area contributed by atoms with E-state index < -0.39 is 42.2 Å². The summed E-state index contributed by atoms with van der Waals surface area (Å²) in [4.78, 5) is 46.7. The molecule has 92 heavy (non-hydrogen) atoms. The lowest BCUT2D eigenvalue weighted by molar-refractivity contribution is -0.138. The number of hydrogen-bond acceptors (Lipinski definition) is 18. The lowest BCUT2D eigenvalue weighted by Gasteiger charge is -2.32. The standard InChI is InChI=1S/C26H31BO7.C22H23BO7.2C11H13BO2/c1-6-23(28)31-18-8-7-17-30-21-13-9-19(10-14-21)24(29)32-22-15-11-20(12-16-22)27-33-25(2,3)26(4,5)34-27;1-2-21(24)27-14-4-3-13-26-19-9-5-17(6-10-19)22(25)30-20-11-7-18(8-12-20)23-28-15-16-29-23;2*1-2-10-4-6-11(7-5-10)12-13-8-3-9-14-12/h6,9-16H,1,7-8,17-18H2,2-5H3;2,5-12H,1,3-4,13-16H2;2*2,4-7H,1,3,8-9H2. The van der Waals surface area contributed by atoms with E-state index in [2.05, 4.69) is 26.3 Å². The zero-order chi connectivity index (χ0) is 65.6. The van der Waals surface area contributed by atoms with Crippen LogP contribution in [0.5, 0.6) is 23.0 Å². The average Bonchev–Trinajstić information content (AvgIpc) is 1.65. The number of unbranched alkanes of at least 4 members (excludes halogenated alkanes) is 2. The molecule has 0 bridgehead atoms. The van der Waals surface area contributed by atoms with Gasteiger partial charge < -0.3 is 65.7 Å². The molecule has 0 amide bonds. The van der Waals surface area contributed by atoms with E-state index in [-0.39, 0.29) is 21.4 Å². The molecule has 480 valence electrons. The summed E-state index contributed by atoms with van der Waals surface area (Å²) in [6, 6.07) is 43.8. The van der Waals surface area contributed by atoms with Gasteiger partial charge in [0.15, 0.2) is 0 Å². The smallest absolute Gasteiger partial charge is 0.494 e. The Morgan fingerprint density at radius 3 is 1.01 bits per heavy atom. The van der Waals surface area contributed by atoms with Gasteiger partial charge in [-0.15, -0.1) is 0 Å². The van der Waals surface area contributed by atoms with Gasteiger partial charge in [-0.1, -0.05) is 111 Å². The lowest BCUT2D eigenvalue weighted by Crippen LogP contribution is -2.41. The predicted molar refractivity (Wildman–Crippen MR) is 357 cm³/mol. The van der Waals surface area contributed by atoms with Crippen molar-refractivity contribution in [1.29, 1.82) is 0 Å². The fourth-order valence-electron chi connectivity index (χ4n) is 8.81. The van der Waals surface area contributed by atoms with Crippen LogP contribution < -0.4 is 40.8 Å². The van der Waals surface area contributed by atoms with Crippen LogP contribution in [0.15, 0.2) is 184 Å². The molecule has 0 aliphatic carbocycles. The molecule has 10 rings (SSSR count). The maximum Gasteiger partial charge on any atom is 0.494 e. The number of hydrogen-bond donors (Lipinski definition) is 0. The molecule has 6 aromatic rings. The summed E-state index contributed by atoms with van der Waals surface area (Å²) in [6.07, 6.45) is 10.8. The van der Waals surface area contributed by atoms with Gasteiger partial charge in [0.1, 0.15) is 23.0 Å². The molecule has 0 radical (unpaired) electrons. The quantitative estimate of drug-likeness (QED) is 0.0182. The van der Waals surface area contributed by atoms with E-state index in [1.165, 1.54) is 0 Å². The number of carbonyl (C=O) groups excluding carboxylic acids is 4. The Kier molecular flexibility index (Phi) is 28.8. The van der Waals surface area contributed by atoms with Gasteiger partial charge in [-0.3, -0.25) is 0 Å². The van der Waals surface area contributed by atoms with Crippen LogP contribution in [0.25, 0.3) is 12.2 Å². The third-order valence-electron chi connectivity index (χ3n) is 14.8. The van der Waals surface area contributed by atoms with Gasteiger partial charge in [-0.25, -0.2) is 19.2 Å². The average molecular weight is 1250 g/mol. The van der Waals surface area contributed by atoms with Crippen LogP contribution >= 0.6 is 0 Å². The number of ether oxygens (including phenoxy) is 6. The van der Waals surface area contributed by atoms with Crippen molar-refractivity contribution in [1.82, 2.24) is 0 Å². The van der Waals surface area contributed by atoms with Crippen LogP contribution in [0.2, 0.25) is 0 Å². The number of carbonyl (C=O) groups is 4. The third kappa shape index (κ3) is 23.1. The maximum atomic E-state index is 12.5. The molecule has 4 fully saturated rings. The van der Waals surface area contributed by atoms with Crippen LogP contribution in [-0.4, -0.2) is 130 Å². The van der Waals surface area contributed by atoms with Crippen molar-refractivity contribution in [3.8, 4) is 23.0 Å². The molecular formula is C70H80B4O18. The van der Waals surface area contributed by atoms with Crippen molar-refractivity contribution in [3.63, 3.8) is 0 Å². The fourth-order valence-corrected chi connectivity index (χ4v) is 8.81. The van der Waals surface area contributed by atoms with Gasteiger partial charge in [-0.2, -0.15) is 0 Å². The first-order valence-corrected chi connectivity index (χ1v) is 30.8. The minimum absolute atomic E-state index is 0.178. The summed E-state index contributed by atoms with van der Waals surface area (Å²) >= 11 is 0. The molecule has 22 heteroatoms. The van der Waals surface area contributed by atoms with E-state index in [1.807, 2.05) is 113 Å². The van der Waals surface area contributed by atoms with Crippen molar-refractivity contribution in [2.24, 2.45) is 0 Å². The second-order valence-corrected chi connectivity index (χ2v) is 22.1. The molecule has 0 aromatic heterocycles. The Labute approximate surface area is 541 Å². The van der Waals surface area contributed by atoms with E-state index in [4.69, 9.17) is 65.7 Å². The second kappa shape index (κ2) is 37.3. The Hall–Kier alpha value is -8.30. The van der Waals surface area contributed by atoms with Gasteiger partial charge in [0.05, 0.1) is 62.0 Å². The Morgan fingerprint density at radius 1 is 0.391 bits per heavy atom. The largest absolute Gasteiger partial charge is 0.494 e. The van der Waals surface area contributed by atoms with E-state index >= 15 is 0 Å². The number of esters is 4. The molecule has 0 saturated carbocycles. The zero-order valence-corrected chi connectivity index (χ0v) is 53.0. The highest BCUT2D eigenvalue weighted by molar-refractivity contribution is 6.63. The van der Waals surface area contributed by atoms with Crippen molar-refractivity contribution in [2.45, 2.75) is 77.4 Å². The van der Waals surface area contributed by atoms with Crippen LogP contribution in [-0.2, 0) is 56.3 Å². The molecule has 0 atom stereocenters. The van der Waals surface area contributed by atoms with Gasteiger partial charge in [-0.05, 0) is 172 Å². The molecule has 0 unspecified atom stereocenters. The summed E-state index contributed by atoms with van der Waals surface area (Å²) in [5.74, 6) is 0.407. The minimum atomic E-state index is -0.468. The second-order valence-electron chi connectivity index (χ2n) is 22.1. The van der Waals surface area contributed by atoms with Crippen LogP contribution in [0, 0.1) is 0 Å². The highest BCUT2D eigenvalue weighted by Crippen LogP contribution is 2.36. The number of benzene rings is 6. The summed E-state index contributed by atoms with van der Waals surface area (Å²) in [6.45, 7) is 28.0. The summed E-state index contributed by atoms with van der Waals surface area (Å²) in [5, 5.41) is 0. The molecular weight excluding hydrogens is 1170 g/mol. The summed E-state index contributed by atoms with van der Waals surface area (Å²) in [7, 11) is -1.18. The SMILES string of the molecule is C=CC(=O)OCCCCOc1ccc(C(=O)Oc2ccc(B3OC(C)(C)C(C)(C)O3)cc2)cc1.C=CC(=O)OCCCCOc1ccc(C(=O)Oc2ccc(B3OCCO3)cc2)cc1.C=Cc1ccc(B2OCCCO2)cc1.C=Cc1ccc(B2OCCCO2)cc1. The van der Waals surface area contributed by atoms with Gasteiger partial charge in [0.2, 0.25) is 0 Å². The molecule has 4 saturated heterocycles. The summed E-state index contributed by atoms with van der Waals surface area (Å²) in [5.41, 5.74) is 6.13. The van der Waals surface area contributed by atoms with E-state index in [1.54, 1.807) is 72.8 Å². The van der Waals surface area contributed by atoms with Gasteiger partial charge in [0, 0.05) is 38.6 Å². The first-order valence-electron chi connectivity index (χ1n) is 30.8. The normalized spacial score (nSPS) is 15.3. The van der Waals surface area contributed by atoms with Gasteiger partial charge in [0.25, 0.3) is 0 Å². The zero-order valence-electron chi connectivity index (χ0n) is 53.0. The third-order valence-corrected chi connectivity index (χ3v) is 14.8. The Bertz CT molecular complexity index is 3190. The predicted octanol–water partition coefficient (Wildman–Crippen LogP) is 9.55. The van der Waals surface area contributed by atoms with Crippen LogP contribution in [0.4, 0.5) is 0 Å². The first-order chi connectivity index (χ1) is 44.6. The van der Waals surface area contributed by atoms with Crippen molar-refractivity contribution < 1.29 is 84.8 Å². The molecule has 0 N–H and O–H groups in total. The highest BCUT2D eigenvalue weighted by atomic mass is 16.7. The lowest BCUT2D eigenvalue weighted by atomic mass is 9.78. The van der Waals surface area contributed by atoms with Crippen molar-refractivity contribution in [3.05, 3.63) is 206 Å². The molecule has 6 aromatic carbocycles. The fraction of sp³-hybridized carbons (Fsp3) is 0.314. The van der Waals surface area contributed by atoms with E-state index in [0.717, 1.165) is 97.2 Å². The van der Waals surface area contributed by atoms with Crippen molar-refractivity contribution in [2.75, 3.05) is 66.1 Å². The number of rotatable bonds is 24. The molecule has 4 aliphatic heterocycles. The highest BCUT2D eigenvalue weighted by Gasteiger charge is 2.51. The van der Waals surface area contributed by atoms with Gasteiger partial charge >= 0.3 is 52.4 Å². The first kappa shape index (κ1) is 71.1. The van der Waals surface area contributed by atoms with Crippen LogP contribution in [0.1, 0.15) is 98.1 Å². The molecule has 18 nitrogen and oxygen atoms in total. The topological polar surface area (TPSA) is 197 Å². The maximum absolute atomic E-state index is 12.5. The summed E-state index contributed by atoms with van der Waals surface area (Å²) < 4.78 is 76.9. The van der Waals surface area contributed by atoms with Crippen molar-refractivity contribution >= 4 is 86.4 Å². The minimum Gasteiger partial charge on any atom is -0.494 e.